The lowest BCUT2D eigenvalue weighted by atomic mass is 10.1. The Balaban J connectivity index is 1.50. The van der Waals surface area contributed by atoms with E-state index in [4.69, 9.17) is 4.74 Å². The molecule has 0 radical (unpaired) electrons. The molecule has 1 N–H and O–H groups in total. The number of hydrogen-bond donors (Lipinski definition) is 1. The largest absolute Gasteiger partial charge is 0.467 e. The zero-order valence-corrected chi connectivity index (χ0v) is 13.0. The molecule has 3 rings (SSSR count). The molecule has 0 spiro atoms. The van der Waals surface area contributed by atoms with Gasteiger partial charge in [0.25, 0.3) is 0 Å². The topological polar surface area (TPSA) is 81.2 Å². The van der Waals surface area contributed by atoms with Crippen molar-refractivity contribution >= 4 is 22.9 Å². The Morgan fingerprint density at radius 2 is 2.13 bits per heavy atom. The van der Waals surface area contributed by atoms with E-state index in [9.17, 15) is 9.59 Å². The van der Waals surface area contributed by atoms with Crippen molar-refractivity contribution in [2.45, 2.75) is 37.6 Å². The van der Waals surface area contributed by atoms with Crippen LogP contribution in [-0.2, 0) is 20.7 Å². The standard InChI is InChI=1S/C17H19N3O3/c1-23-16(22)17(9-10-17)20-14(21)6-2-5-13-8-7-12-4-3-11-18-15(12)19-13/h3-4,7-8,11H,2,5-6,9-10H2,1H3,(H,20,21). The zero-order chi connectivity index (χ0) is 16.3. The maximum absolute atomic E-state index is 12.0. The van der Waals surface area contributed by atoms with E-state index >= 15 is 0 Å². The molecule has 2 aromatic heterocycles. The lowest BCUT2D eigenvalue weighted by Crippen LogP contribution is -2.43. The van der Waals surface area contributed by atoms with Crippen molar-refractivity contribution < 1.29 is 14.3 Å². The Morgan fingerprint density at radius 3 is 2.87 bits per heavy atom. The number of carbonyl (C=O) groups is 2. The number of aryl methyl sites for hydroxylation is 1. The number of rotatable bonds is 6. The SMILES string of the molecule is COC(=O)C1(NC(=O)CCCc2ccc3cccnc3n2)CC1. The van der Waals surface area contributed by atoms with E-state index in [1.807, 2.05) is 24.3 Å². The van der Waals surface area contributed by atoms with Crippen LogP contribution in [0.5, 0.6) is 0 Å². The Labute approximate surface area is 134 Å². The Hall–Kier alpha value is -2.50. The first-order valence-corrected chi connectivity index (χ1v) is 7.73. The summed E-state index contributed by atoms with van der Waals surface area (Å²) in [5, 5.41) is 3.79. The second-order valence-corrected chi connectivity index (χ2v) is 5.83. The lowest BCUT2D eigenvalue weighted by molar-refractivity contribution is -0.146. The third-order valence-electron chi connectivity index (χ3n) is 4.06. The van der Waals surface area contributed by atoms with Crippen LogP contribution in [0, 0.1) is 0 Å². The highest BCUT2D eigenvalue weighted by atomic mass is 16.5. The molecule has 6 nitrogen and oxygen atoms in total. The Kier molecular flexibility index (Phi) is 4.23. The first-order chi connectivity index (χ1) is 11.1. The van der Waals surface area contributed by atoms with Gasteiger partial charge in [0.1, 0.15) is 5.54 Å². The van der Waals surface area contributed by atoms with Gasteiger partial charge in [-0.3, -0.25) is 4.79 Å². The third kappa shape index (κ3) is 3.47. The fourth-order valence-corrected chi connectivity index (χ4v) is 2.59. The molecule has 1 fully saturated rings. The summed E-state index contributed by atoms with van der Waals surface area (Å²) >= 11 is 0. The molecule has 120 valence electrons. The maximum atomic E-state index is 12.0. The van der Waals surface area contributed by atoms with Crippen molar-refractivity contribution in [2.24, 2.45) is 0 Å². The van der Waals surface area contributed by atoms with Crippen molar-refractivity contribution in [3.05, 3.63) is 36.2 Å². The fraction of sp³-hybridized carbons (Fsp3) is 0.412. The van der Waals surface area contributed by atoms with Gasteiger partial charge in [0, 0.05) is 23.7 Å². The van der Waals surface area contributed by atoms with Crippen LogP contribution in [0.4, 0.5) is 0 Å². The van der Waals surface area contributed by atoms with Gasteiger partial charge >= 0.3 is 5.97 Å². The molecule has 1 amide bonds. The maximum Gasteiger partial charge on any atom is 0.331 e. The Morgan fingerprint density at radius 1 is 1.30 bits per heavy atom. The summed E-state index contributed by atoms with van der Waals surface area (Å²) in [6.07, 6.45) is 4.77. The van der Waals surface area contributed by atoms with Crippen LogP contribution in [0.1, 0.15) is 31.4 Å². The van der Waals surface area contributed by atoms with Gasteiger partial charge in [-0.15, -0.1) is 0 Å². The molecular weight excluding hydrogens is 294 g/mol. The molecule has 0 aromatic carbocycles. The monoisotopic (exact) mass is 313 g/mol. The van der Waals surface area contributed by atoms with Crippen LogP contribution in [-0.4, -0.2) is 34.5 Å². The number of nitrogens with zero attached hydrogens (tertiary/aromatic N) is 2. The first kappa shape index (κ1) is 15.4. The van der Waals surface area contributed by atoms with Crippen molar-refractivity contribution in [3.63, 3.8) is 0 Å². The quantitative estimate of drug-likeness (QED) is 0.822. The molecule has 1 saturated carbocycles. The average Bonchev–Trinajstić information content (AvgIpc) is 3.34. The number of fused-ring (bicyclic) bond motifs is 1. The van der Waals surface area contributed by atoms with Gasteiger partial charge in [0.15, 0.2) is 5.65 Å². The highest BCUT2D eigenvalue weighted by Gasteiger charge is 2.52. The summed E-state index contributed by atoms with van der Waals surface area (Å²) in [7, 11) is 1.34. The van der Waals surface area contributed by atoms with E-state index in [1.165, 1.54) is 7.11 Å². The van der Waals surface area contributed by atoms with Gasteiger partial charge in [-0.05, 0) is 49.9 Å². The van der Waals surface area contributed by atoms with Gasteiger partial charge in [-0.25, -0.2) is 14.8 Å². The van der Waals surface area contributed by atoms with E-state index < -0.39 is 5.54 Å². The second kappa shape index (κ2) is 6.32. The number of amides is 1. The van der Waals surface area contributed by atoms with Crippen LogP contribution in [0.25, 0.3) is 11.0 Å². The predicted molar refractivity (Wildman–Crippen MR) is 84.6 cm³/mol. The molecule has 1 aliphatic carbocycles. The number of hydrogen-bond acceptors (Lipinski definition) is 5. The molecule has 0 unspecified atom stereocenters. The molecule has 0 aliphatic heterocycles. The van der Waals surface area contributed by atoms with Crippen molar-refractivity contribution in [2.75, 3.05) is 7.11 Å². The van der Waals surface area contributed by atoms with E-state index in [0.29, 0.717) is 32.1 Å². The molecule has 2 heterocycles. The van der Waals surface area contributed by atoms with Crippen LogP contribution < -0.4 is 5.32 Å². The van der Waals surface area contributed by atoms with Gasteiger partial charge in [0.2, 0.25) is 5.91 Å². The fourth-order valence-electron chi connectivity index (χ4n) is 2.59. The third-order valence-corrected chi connectivity index (χ3v) is 4.06. The number of pyridine rings is 2. The second-order valence-electron chi connectivity index (χ2n) is 5.83. The molecule has 6 heteroatoms. The highest BCUT2D eigenvalue weighted by Crippen LogP contribution is 2.36. The summed E-state index contributed by atoms with van der Waals surface area (Å²) in [5.41, 5.74) is 0.868. The summed E-state index contributed by atoms with van der Waals surface area (Å²) in [4.78, 5) is 32.3. The number of methoxy groups -OCH3 is 1. The summed E-state index contributed by atoms with van der Waals surface area (Å²) in [6, 6.07) is 7.79. The van der Waals surface area contributed by atoms with E-state index in [0.717, 1.165) is 16.7 Å². The lowest BCUT2D eigenvalue weighted by Gasteiger charge is -2.14. The number of carbonyl (C=O) groups excluding carboxylic acids is 2. The van der Waals surface area contributed by atoms with Crippen LogP contribution in [0.15, 0.2) is 30.5 Å². The van der Waals surface area contributed by atoms with E-state index in [1.54, 1.807) is 6.20 Å². The average molecular weight is 313 g/mol. The minimum Gasteiger partial charge on any atom is -0.467 e. The first-order valence-electron chi connectivity index (χ1n) is 7.73. The van der Waals surface area contributed by atoms with Crippen LogP contribution in [0.2, 0.25) is 0 Å². The molecule has 0 saturated heterocycles. The Bertz CT molecular complexity index is 741. The van der Waals surface area contributed by atoms with E-state index in [-0.39, 0.29) is 11.9 Å². The van der Waals surface area contributed by atoms with Gasteiger partial charge < -0.3 is 10.1 Å². The summed E-state index contributed by atoms with van der Waals surface area (Å²) in [6.45, 7) is 0. The molecule has 23 heavy (non-hydrogen) atoms. The van der Waals surface area contributed by atoms with E-state index in [2.05, 4.69) is 15.3 Å². The van der Waals surface area contributed by atoms with Crippen molar-refractivity contribution in [1.29, 1.82) is 0 Å². The normalized spacial score (nSPS) is 15.2. The number of aromatic nitrogens is 2. The molecular formula is C17H19N3O3. The summed E-state index contributed by atoms with van der Waals surface area (Å²) in [5.74, 6) is -0.472. The minimum absolute atomic E-state index is 0.119. The van der Waals surface area contributed by atoms with Gasteiger partial charge in [-0.2, -0.15) is 0 Å². The van der Waals surface area contributed by atoms with Crippen LogP contribution >= 0.6 is 0 Å². The smallest absolute Gasteiger partial charge is 0.331 e. The van der Waals surface area contributed by atoms with Gasteiger partial charge in [0.05, 0.1) is 7.11 Å². The predicted octanol–water partition coefficient (Wildman–Crippen LogP) is 1.77. The number of ether oxygens (including phenoxy) is 1. The number of nitrogens with one attached hydrogen (secondary N) is 1. The van der Waals surface area contributed by atoms with Crippen molar-refractivity contribution in [3.8, 4) is 0 Å². The molecule has 2 aromatic rings. The molecule has 0 bridgehead atoms. The highest BCUT2D eigenvalue weighted by molar-refractivity contribution is 5.90. The summed E-state index contributed by atoms with van der Waals surface area (Å²) < 4.78 is 4.72. The van der Waals surface area contributed by atoms with Crippen molar-refractivity contribution in [1.82, 2.24) is 15.3 Å². The number of esters is 1. The molecule has 0 atom stereocenters. The minimum atomic E-state index is -0.767. The van der Waals surface area contributed by atoms with Gasteiger partial charge in [-0.1, -0.05) is 0 Å². The zero-order valence-electron chi connectivity index (χ0n) is 13.0. The molecule has 1 aliphatic rings. The van der Waals surface area contributed by atoms with Crippen LogP contribution in [0.3, 0.4) is 0 Å².